The molecular formula is C16F33. The van der Waals surface area contributed by atoms with Crippen molar-refractivity contribution in [3.8, 4) is 0 Å². The second kappa shape index (κ2) is 11.1. The fourth-order valence-electron chi connectivity index (χ4n) is 2.66. The van der Waals surface area contributed by atoms with Crippen LogP contribution in [-0.2, 0) is 0 Å². The first-order valence-corrected chi connectivity index (χ1v) is 9.99. The molecule has 0 N–H and O–H groups in total. The zero-order valence-corrected chi connectivity index (χ0v) is 20.5. The quantitative estimate of drug-likeness (QED) is 0.153. The molecule has 1 radical (unpaired) electrons. The molecule has 33 heteroatoms. The van der Waals surface area contributed by atoms with Crippen molar-refractivity contribution in [1.29, 1.82) is 0 Å². The summed E-state index contributed by atoms with van der Waals surface area (Å²) in [6, 6.07) is 0. The highest BCUT2D eigenvalue weighted by atomic mass is 19.4. The van der Waals surface area contributed by atoms with Gasteiger partial charge < -0.3 is 0 Å². The van der Waals surface area contributed by atoms with E-state index in [2.05, 4.69) is 0 Å². The molecular weight excluding hydrogens is 819 g/mol. The Labute approximate surface area is 242 Å². The van der Waals surface area contributed by atoms with E-state index in [9.17, 15) is 145 Å². The monoisotopic (exact) mass is 819 g/mol. The maximum atomic E-state index is 13.7. The lowest BCUT2D eigenvalue weighted by molar-refractivity contribution is -0.489. The summed E-state index contributed by atoms with van der Waals surface area (Å²) in [6.45, 7) is 0. The molecule has 0 saturated heterocycles. The second-order valence-corrected chi connectivity index (χ2v) is 8.80. The molecule has 0 rings (SSSR count). The average Bonchev–Trinajstić information content (AvgIpc) is 2.86. The Kier molecular flexibility index (Phi) is 10.6. The van der Waals surface area contributed by atoms with E-state index in [0.29, 0.717) is 0 Å². The predicted molar refractivity (Wildman–Crippen MR) is 80.8 cm³/mol. The van der Waals surface area contributed by atoms with Crippen molar-refractivity contribution in [1.82, 2.24) is 0 Å². The van der Waals surface area contributed by atoms with Gasteiger partial charge in [-0.05, 0) is 0 Å². The van der Waals surface area contributed by atoms with E-state index < -0.39 is 95.5 Å². The fraction of sp³-hybridized carbons (Fsp3) is 0.938. The van der Waals surface area contributed by atoms with Crippen LogP contribution in [-0.4, -0.2) is 89.1 Å². The number of halogens is 33. The molecule has 0 aromatic rings. The predicted octanol–water partition coefficient (Wildman–Crippen LogP) is 10.9. The van der Waals surface area contributed by atoms with E-state index in [0.717, 1.165) is 0 Å². The van der Waals surface area contributed by atoms with Gasteiger partial charge in [0.15, 0.2) is 0 Å². The first-order valence-electron chi connectivity index (χ1n) is 9.99. The lowest BCUT2D eigenvalue weighted by atomic mass is 9.83. The molecule has 49 heavy (non-hydrogen) atoms. The highest BCUT2D eigenvalue weighted by molar-refractivity contribution is 5.22. The third-order valence-corrected chi connectivity index (χ3v) is 5.72. The van der Waals surface area contributed by atoms with Gasteiger partial charge in [0.05, 0.1) is 0 Å². The molecule has 0 bridgehead atoms. The highest BCUT2D eigenvalue weighted by Gasteiger charge is 3.01. The number of alkyl halides is 31. The molecule has 0 unspecified atom stereocenters. The third kappa shape index (κ3) is 5.19. The van der Waals surface area contributed by atoms with Crippen LogP contribution in [0.3, 0.4) is 0 Å². The SMILES string of the molecule is F[C](F)C(F)(F)C(F)(F)C(F)(F)C(F)(F)C(F)(F)C(F)(F)C(F)(F)C(F)(F)C(F)(F)C(F)(F)C(F)(F)C(F)(F)C(F)(F)C(F)(F)C(F)(F)F. The third-order valence-electron chi connectivity index (χ3n) is 5.72. The van der Waals surface area contributed by atoms with Gasteiger partial charge >= 0.3 is 95.5 Å². The van der Waals surface area contributed by atoms with Gasteiger partial charge in [0.1, 0.15) is 0 Å². The molecule has 0 spiro atoms. The molecule has 0 aliphatic carbocycles. The largest absolute Gasteiger partial charge is 0.460 e. The van der Waals surface area contributed by atoms with E-state index in [1.54, 1.807) is 0 Å². The van der Waals surface area contributed by atoms with Crippen molar-refractivity contribution >= 4 is 0 Å². The minimum atomic E-state index is -10.2. The average molecular weight is 819 g/mol. The molecule has 0 aliphatic heterocycles. The zero-order chi connectivity index (χ0) is 41.1. The summed E-state index contributed by atoms with van der Waals surface area (Å²) in [6.07, 6.45) is -13.9. The molecule has 0 aromatic carbocycles. The summed E-state index contributed by atoms with van der Waals surface area (Å²) in [7, 11) is 0. The molecule has 0 amide bonds. The van der Waals surface area contributed by atoms with E-state index >= 15 is 0 Å². The Hall–Kier alpha value is -2.31. The first kappa shape index (κ1) is 46.7. The Balaban J connectivity index is 7.66. The summed E-state index contributed by atoms with van der Waals surface area (Å²) >= 11 is 0. The highest BCUT2D eigenvalue weighted by Crippen LogP contribution is 2.69. The molecule has 0 nitrogen and oxygen atoms in total. The zero-order valence-electron chi connectivity index (χ0n) is 20.5. The van der Waals surface area contributed by atoms with E-state index in [1.807, 2.05) is 0 Å². The smallest absolute Gasteiger partial charge is 0.192 e. The summed E-state index contributed by atoms with van der Waals surface area (Å²) in [5.74, 6) is -135. The van der Waals surface area contributed by atoms with Crippen molar-refractivity contribution in [2.75, 3.05) is 0 Å². The Bertz CT molecular complexity index is 1190. The Morgan fingerprint density at radius 3 is 0.429 bits per heavy atom. The van der Waals surface area contributed by atoms with Gasteiger partial charge in [0.25, 0.3) is 0 Å². The van der Waals surface area contributed by atoms with Crippen molar-refractivity contribution < 1.29 is 145 Å². The summed E-state index contributed by atoms with van der Waals surface area (Å²) in [5.41, 5.74) is 0. The van der Waals surface area contributed by atoms with Gasteiger partial charge in [-0.25, -0.2) is 0 Å². The minimum absolute atomic E-state index is 5.56. The summed E-state index contributed by atoms with van der Waals surface area (Å²) < 4.78 is 433. The fourth-order valence-corrected chi connectivity index (χ4v) is 2.66. The number of rotatable bonds is 14. The van der Waals surface area contributed by atoms with Crippen LogP contribution in [0.5, 0.6) is 0 Å². The van der Waals surface area contributed by atoms with Gasteiger partial charge in [0, 0.05) is 0 Å². The molecule has 0 aliphatic rings. The van der Waals surface area contributed by atoms with Gasteiger partial charge in [-0.2, -0.15) is 145 Å². The molecule has 0 atom stereocenters. The maximum Gasteiger partial charge on any atom is 0.460 e. The van der Waals surface area contributed by atoms with Gasteiger partial charge in [-0.1, -0.05) is 0 Å². The molecule has 0 aromatic heterocycles. The molecule has 0 heterocycles. The van der Waals surface area contributed by atoms with Crippen LogP contribution in [0.2, 0.25) is 0 Å². The normalized spacial score (nSPS) is 17.3. The lowest BCUT2D eigenvalue weighted by Crippen LogP contribution is -2.79. The van der Waals surface area contributed by atoms with Crippen molar-refractivity contribution in [3.05, 3.63) is 6.43 Å². The topological polar surface area (TPSA) is 0 Å². The van der Waals surface area contributed by atoms with Crippen LogP contribution < -0.4 is 0 Å². The van der Waals surface area contributed by atoms with Crippen molar-refractivity contribution in [2.45, 2.75) is 89.1 Å². The van der Waals surface area contributed by atoms with Crippen molar-refractivity contribution in [2.24, 2.45) is 0 Å². The van der Waals surface area contributed by atoms with Gasteiger partial charge in [-0.3, -0.25) is 0 Å². The Morgan fingerprint density at radius 1 is 0.184 bits per heavy atom. The van der Waals surface area contributed by atoms with Gasteiger partial charge in [-0.15, -0.1) is 0 Å². The first-order chi connectivity index (χ1) is 20.4. The minimum Gasteiger partial charge on any atom is -0.192 e. The standard InChI is InChI=1S/C16F33/c17-1(18)2(19,20)3(21,22)4(23,24)5(25,26)6(27,28)7(29,30)8(31,32)9(33,34)10(35,36)11(37,38)12(39,40)13(41,42)14(43,44)15(45,46)16(47,48)49. The van der Waals surface area contributed by atoms with Crippen LogP contribution in [0.4, 0.5) is 145 Å². The summed E-state index contributed by atoms with van der Waals surface area (Å²) in [5, 5.41) is 0. The van der Waals surface area contributed by atoms with Gasteiger partial charge in [0.2, 0.25) is 0 Å². The molecule has 295 valence electrons. The van der Waals surface area contributed by atoms with Crippen molar-refractivity contribution in [3.63, 3.8) is 0 Å². The molecule has 0 fully saturated rings. The Morgan fingerprint density at radius 2 is 0.306 bits per heavy atom. The van der Waals surface area contributed by atoms with E-state index in [1.165, 1.54) is 0 Å². The second-order valence-electron chi connectivity index (χ2n) is 8.80. The van der Waals surface area contributed by atoms with Crippen LogP contribution in [0, 0.1) is 6.43 Å². The van der Waals surface area contributed by atoms with E-state index in [-0.39, 0.29) is 0 Å². The number of hydrogen-bond acceptors (Lipinski definition) is 0. The van der Waals surface area contributed by atoms with Crippen LogP contribution >= 0.6 is 0 Å². The van der Waals surface area contributed by atoms with E-state index in [4.69, 9.17) is 0 Å². The van der Waals surface area contributed by atoms with Crippen LogP contribution in [0.1, 0.15) is 0 Å². The van der Waals surface area contributed by atoms with Crippen LogP contribution in [0.25, 0.3) is 0 Å². The number of hydrogen-bond donors (Lipinski definition) is 0. The lowest BCUT2D eigenvalue weighted by Gasteiger charge is -2.46. The molecule has 0 saturated carbocycles. The summed E-state index contributed by atoms with van der Waals surface area (Å²) in [4.78, 5) is 0. The maximum absolute atomic E-state index is 13.7. The van der Waals surface area contributed by atoms with Crippen LogP contribution in [0.15, 0.2) is 0 Å².